The highest BCUT2D eigenvalue weighted by atomic mass is 35.5. The monoisotopic (exact) mass is 277 g/mol. The normalized spacial score (nSPS) is 16.1. The summed E-state index contributed by atoms with van der Waals surface area (Å²) < 4.78 is 38.0. The number of rotatable bonds is 1. The van der Waals surface area contributed by atoms with Gasteiger partial charge in [0.05, 0.1) is 16.1 Å². The second-order valence-electron chi connectivity index (χ2n) is 4.16. The van der Waals surface area contributed by atoms with Crippen molar-refractivity contribution in [2.45, 2.75) is 19.0 Å². The lowest BCUT2D eigenvalue weighted by molar-refractivity contribution is -0.137. The third kappa shape index (κ3) is 2.46. The maximum absolute atomic E-state index is 12.7. The Labute approximate surface area is 107 Å². The molecule has 1 saturated heterocycles. The summed E-state index contributed by atoms with van der Waals surface area (Å²) >= 11 is 5.70. The van der Waals surface area contributed by atoms with Crippen LogP contribution in [0.2, 0.25) is 5.02 Å². The summed E-state index contributed by atoms with van der Waals surface area (Å²) in [5, 5.41) is -0.512. The van der Waals surface area contributed by atoms with Crippen molar-refractivity contribution < 1.29 is 18.0 Å². The van der Waals surface area contributed by atoms with Gasteiger partial charge >= 0.3 is 6.18 Å². The lowest BCUT2D eigenvalue weighted by Crippen LogP contribution is -2.28. The Balaban J connectivity index is 2.36. The molecule has 0 radical (unpaired) electrons. The summed E-state index contributed by atoms with van der Waals surface area (Å²) in [7, 11) is 0. The van der Waals surface area contributed by atoms with E-state index in [-0.39, 0.29) is 5.56 Å². The molecule has 1 aliphatic heterocycles. The minimum Gasteiger partial charge on any atom is -0.339 e. The van der Waals surface area contributed by atoms with Crippen LogP contribution in [0.5, 0.6) is 0 Å². The Morgan fingerprint density at radius 1 is 1.22 bits per heavy atom. The first kappa shape index (κ1) is 13.2. The zero-order valence-electron chi connectivity index (χ0n) is 9.43. The van der Waals surface area contributed by atoms with Gasteiger partial charge in [-0.1, -0.05) is 17.7 Å². The highest BCUT2D eigenvalue weighted by Crippen LogP contribution is 2.36. The van der Waals surface area contributed by atoms with Gasteiger partial charge in [0.2, 0.25) is 0 Å². The second-order valence-corrected chi connectivity index (χ2v) is 4.54. The molecular formula is C12H11ClF3NO. The quantitative estimate of drug-likeness (QED) is 0.768. The number of carbonyl (C=O) groups excluding carboxylic acids is 1. The lowest BCUT2D eigenvalue weighted by atomic mass is 10.1. The van der Waals surface area contributed by atoms with Gasteiger partial charge in [-0.25, -0.2) is 0 Å². The molecule has 1 amide bonds. The first-order valence-corrected chi connectivity index (χ1v) is 5.94. The number of alkyl halides is 3. The van der Waals surface area contributed by atoms with Crippen LogP contribution in [0.1, 0.15) is 28.8 Å². The van der Waals surface area contributed by atoms with E-state index in [1.54, 1.807) is 0 Å². The molecule has 6 heteroatoms. The van der Waals surface area contributed by atoms with Crippen molar-refractivity contribution in [1.29, 1.82) is 0 Å². The number of carbonyl (C=O) groups is 1. The third-order valence-corrected chi connectivity index (χ3v) is 3.34. The lowest BCUT2D eigenvalue weighted by Gasteiger charge is -2.17. The van der Waals surface area contributed by atoms with E-state index in [2.05, 4.69) is 0 Å². The van der Waals surface area contributed by atoms with E-state index in [4.69, 9.17) is 11.6 Å². The Morgan fingerprint density at radius 2 is 1.83 bits per heavy atom. The van der Waals surface area contributed by atoms with Gasteiger partial charge < -0.3 is 4.90 Å². The molecule has 0 bridgehead atoms. The van der Waals surface area contributed by atoms with Gasteiger partial charge in [0, 0.05) is 13.1 Å². The Hall–Kier alpha value is -1.23. The average molecular weight is 278 g/mol. The van der Waals surface area contributed by atoms with Gasteiger partial charge in [0.25, 0.3) is 5.91 Å². The molecule has 98 valence electrons. The number of hydrogen-bond acceptors (Lipinski definition) is 1. The molecule has 0 atom stereocenters. The van der Waals surface area contributed by atoms with Crippen LogP contribution in [0.4, 0.5) is 13.2 Å². The molecule has 0 aromatic heterocycles. The van der Waals surface area contributed by atoms with E-state index >= 15 is 0 Å². The van der Waals surface area contributed by atoms with Crippen molar-refractivity contribution in [3.63, 3.8) is 0 Å². The molecule has 1 aromatic carbocycles. The molecule has 2 nitrogen and oxygen atoms in total. The maximum atomic E-state index is 12.7. The largest absolute Gasteiger partial charge is 0.417 e. The summed E-state index contributed by atoms with van der Waals surface area (Å²) in [4.78, 5) is 13.6. The fourth-order valence-corrected chi connectivity index (χ4v) is 2.32. The van der Waals surface area contributed by atoms with Crippen LogP contribution in [-0.4, -0.2) is 23.9 Å². The number of halogens is 4. The molecular weight excluding hydrogens is 267 g/mol. The smallest absolute Gasteiger partial charge is 0.339 e. The van der Waals surface area contributed by atoms with Crippen LogP contribution in [0.15, 0.2) is 18.2 Å². The highest BCUT2D eigenvalue weighted by molar-refractivity contribution is 6.34. The number of benzene rings is 1. The van der Waals surface area contributed by atoms with Crippen molar-refractivity contribution in [1.82, 2.24) is 4.90 Å². The van der Waals surface area contributed by atoms with Crippen LogP contribution in [0, 0.1) is 0 Å². The van der Waals surface area contributed by atoms with Crippen LogP contribution in [0.3, 0.4) is 0 Å². The molecule has 1 aliphatic rings. The summed E-state index contributed by atoms with van der Waals surface area (Å²) in [5.74, 6) is -0.427. The van der Waals surface area contributed by atoms with Gasteiger partial charge in [0.15, 0.2) is 0 Å². The van der Waals surface area contributed by atoms with Gasteiger partial charge in [-0.3, -0.25) is 4.79 Å². The molecule has 2 rings (SSSR count). The summed E-state index contributed by atoms with van der Waals surface area (Å²) in [6, 6.07) is 3.42. The van der Waals surface area contributed by atoms with Crippen LogP contribution < -0.4 is 0 Å². The Kier molecular flexibility index (Phi) is 3.52. The topological polar surface area (TPSA) is 20.3 Å². The highest BCUT2D eigenvalue weighted by Gasteiger charge is 2.35. The number of likely N-dealkylation sites (tertiary alicyclic amines) is 1. The van der Waals surface area contributed by atoms with Gasteiger partial charge in [-0.05, 0) is 25.0 Å². The molecule has 1 heterocycles. The van der Waals surface area contributed by atoms with Gasteiger partial charge in [-0.2, -0.15) is 13.2 Å². The predicted molar refractivity (Wildman–Crippen MR) is 61.6 cm³/mol. The van der Waals surface area contributed by atoms with Crippen molar-refractivity contribution in [3.05, 3.63) is 34.3 Å². The fourth-order valence-electron chi connectivity index (χ4n) is 2.01. The van der Waals surface area contributed by atoms with Crippen molar-refractivity contribution in [2.75, 3.05) is 13.1 Å². The maximum Gasteiger partial charge on any atom is 0.417 e. The summed E-state index contributed by atoms with van der Waals surface area (Å²) in [5.41, 5.74) is -1.04. The first-order valence-electron chi connectivity index (χ1n) is 5.56. The molecule has 1 fully saturated rings. The van der Waals surface area contributed by atoms with E-state index in [0.717, 1.165) is 18.9 Å². The Bertz CT molecular complexity index is 467. The SMILES string of the molecule is O=C(c1cccc(C(F)(F)F)c1Cl)N1CCCC1. The molecule has 18 heavy (non-hydrogen) atoms. The number of amides is 1. The van der Waals surface area contributed by atoms with E-state index in [9.17, 15) is 18.0 Å². The molecule has 0 N–H and O–H groups in total. The number of hydrogen-bond donors (Lipinski definition) is 0. The predicted octanol–water partition coefficient (Wildman–Crippen LogP) is 3.59. The van der Waals surface area contributed by atoms with E-state index in [1.165, 1.54) is 17.0 Å². The molecule has 0 saturated carbocycles. The van der Waals surface area contributed by atoms with Crippen LogP contribution in [0.25, 0.3) is 0 Å². The fraction of sp³-hybridized carbons (Fsp3) is 0.417. The Morgan fingerprint density at radius 3 is 2.39 bits per heavy atom. The van der Waals surface area contributed by atoms with E-state index < -0.39 is 22.7 Å². The summed E-state index contributed by atoms with van der Waals surface area (Å²) in [6.45, 7) is 1.15. The minimum absolute atomic E-state index is 0.0756. The average Bonchev–Trinajstić information content (AvgIpc) is 2.80. The zero-order valence-corrected chi connectivity index (χ0v) is 10.2. The van der Waals surface area contributed by atoms with Crippen molar-refractivity contribution >= 4 is 17.5 Å². The first-order chi connectivity index (χ1) is 8.41. The van der Waals surface area contributed by atoms with Crippen LogP contribution in [-0.2, 0) is 6.18 Å². The van der Waals surface area contributed by atoms with Gasteiger partial charge in [-0.15, -0.1) is 0 Å². The second kappa shape index (κ2) is 4.80. The minimum atomic E-state index is -4.54. The molecule has 0 unspecified atom stereocenters. The van der Waals surface area contributed by atoms with Crippen molar-refractivity contribution in [2.24, 2.45) is 0 Å². The van der Waals surface area contributed by atoms with Gasteiger partial charge in [0.1, 0.15) is 0 Å². The molecule has 0 spiro atoms. The standard InChI is InChI=1S/C12H11ClF3NO/c13-10-8(11(18)17-6-1-2-7-17)4-3-5-9(10)12(14,15)16/h3-5H,1-2,6-7H2. The molecule has 0 aliphatic carbocycles. The molecule has 1 aromatic rings. The van der Waals surface area contributed by atoms with Crippen molar-refractivity contribution in [3.8, 4) is 0 Å². The van der Waals surface area contributed by atoms with E-state index in [1.807, 2.05) is 0 Å². The van der Waals surface area contributed by atoms with Crippen LogP contribution >= 0.6 is 11.6 Å². The zero-order chi connectivity index (χ0) is 13.3. The third-order valence-electron chi connectivity index (χ3n) is 2.93. The number of nitrogens with zero attached hydrogens (tertiary/aromatic N) is 1. The van der Waals surface area contributed by atoms with E-state index in [0.29, 0.717) is 13.1 Å². The summed E-state index contributed by atoms with van der Waals surface area (Å²) in [6.07, 6.45) is -2.79.